The number of likely N-dealkylation sites (N-methyl/N-ethyl adjacent to an activating group) is 1. The molecule has 1 unspecified atom stereocenters. The molecule has 2 aromatic rings. The van der Waals surface area contributed by atoms with Gasteiger partial charge in [-0.1, -0.05) is 30.3 Å². The van der Waals surface area contributed by atoms with Gasteiger partial charge in [-0.15, -0.1) is 0 Å². The zero-order valence-electron chi connectivity index (χ0n) is 16.1. The standard InChI is InChI=1S/C19H27N7O/c1-14-22-17-10-9-16(13-26(17)24-14)23-19(21-12-18(27)25(2)3)20-11-15-7-5-4-6-8-15/h4-8,16H,9-13H2,1-3H3,(H2,20,21,23). The van der Waals surface area contributed by atoms with Gasteiger partial charge in [-0.25, -0.2) is 14.7 Å². The van der Waals surface area contributed by atoms with Crippen LogP contribution >= 0.6 is 0 Å². The quantitative estimate of drug-likeness (QED) is 0.599. The highest BCUT2D eigenvalue weighted by Crippen LogP contribution is 2.12. The van der Waals surface area contributed by atoms with Crippen molar-refractivity contribution >= 4 is 11.9 Å². The number of nitrogens with zero attached hydrogens (tertiary/aromatic N) is 5. The highest BCUT2D eigenvalue weighted by atomic mass is 16.2. The van der Waals surface area contributed by atoms with Crippen LogP contribution in [0.15, 0.2) is 35.3 Å². The zero-order chi connectivity index (χ0) is 19.2. The number of hydrogen-bond acceptors (Lipinski definition) is 4. The first-order valence-corrected chi connectivity index (χ1v) is 9.20. The molecule has 2 heterocycles. The first kappa shape index (κ1) is 18.9. The van der Waals surface area contributed by atoms with Crippen LogP contribution in [0.5, 0.6) is 0 Å². The number of hydrogen-bond donors (Lipinski definition) is 2. The molecule has 1 aliphatic rings. The summed E-state index contributed by atoms with van der Waals surface area (Å²) in [7, 11) is 3.49. The van der Waals surface area contributed by atoms with Gasteiger partial charge in [-0.05, 0) is 18.9 Å². The monoisotopic (exact) mass is 369 g/mol. The maximum atomic E-state index is 11.9. The zero-order valence-corrected chi connectivity index (χ0v) is 16.1. The maximum Gasteiger partial charge on any atom is 0.241 e. The van der Waals surface area contributed by atoms with E-state index in [-0.39, 0.29) is 18.5 Å². The summed E-state index contributed by atoms with van der Waals surface area (Å²) in [5.41, 5.74) is 1.12. The fourth-order valence-electron chi connectivity index (χ4n) is 2.97. The summed E-state index contributed by atoms with van der Waals surface area (Å²) < 4.78 is 1.95. The van der Waals surface area contributed by atoms with Crippen LogP contribution in [-0.4, -0.2) is 58.2 Å². The Morgan fingerprint density at radius 2 is 2.11 bits per heavy atom. The molecule has 1 aliphatic heterocycles. The van der Waals surface area contributed by atoms with E-state index in [1.807, 2.05) is 41.9 Å². The van der Waals surface area contributed by atoms with Crippen LogP contribution in [0.2, 0.25) is 0 Å². The SMILES string of the molecule is Cc1nc2n(n1)CC(NC(=NCc1ccccc1)NCC(=O)N(C)C)CC2. The minimum Gasteiger partial charge on any atom is -0.352 e. The molecule has 0 fully saturated rings. The lowest BCUT2D eigenvalue weighted by Gasteiger charge is -2.25. The van der Waals surface area contributed by atoms with Crippen LogP contribution in [0.4, 0.5) is 0 Å². The number of aliphatic imine (C=N–C) groups is 1. The predicted octanol–water partition coefficient (Wildman–Crippen LogP) is 0.725. The molecule has 0 saturated carbocycles. The van der Waals surface area contributed by atoms with Gasteiger partial charge in [0.05, 0.1) is 19.6 Å². The van der Waals surface area contributed by atoms with Crippen molar-refractivity contribution < 1.29 is 4.79 Å². The number of fused-ring (bicyclic) bond motifs is 1. The Bertz CT molecular complexity index is 798. The van der Waals surface area contributed by atoms with Crippen LogP contribution in [0.1, 0.15) is 23.6 Å². The van der Waals surface area contributed by atoms with E-state index in [0.717, 1.165) is 36.6 Å². The number of carbonyl (C=O) groups excluding carboxylic acids is 1. The minimum absolute atomic E-state index is 0.00189. The largest absolute Gasteiger partial charge is 0.352 e. The third-order valence-corrected chi connectivity index (χ3v) is 4.47. The normalized spacial score (nSPS) is 16.6. The van der Waals surface area contributed by atoms with E-state index in [0.29, 0.717) is 12.5 Å². The van der Waals surface area contributed by atoms with Gasteiger partial charge < -0.3 is 15.5 Å². The fourth-order valence-corrected chi connectivity index (χ4v) is 2.97. The molecule has 1 amide bonds. The Balaban J connectivity index is 1.66. The second-order valence-corrected chi connectivity index (χ2v) is 6.93. The average Bonchev–Trinajstić information content (AvgIpc) is 3.03. The summed E-state index contributed by atoms with van der Waals surface area (Å²) >= 11 is 0. The Hall–Kier alpha value is -2.90. The molecule has 27 heavy (non-hydrogen) atoms. The van der Waals surface area contributed by atoms with Gasteiger partial charge in [0.1, 0.15) is 11.6 Å². The van der Waals surface area contributed by atoms with Crippen molar-refractivity contribution in [1.82, 2.24) is 30.3 Å². The lowest BCUT2D eigenvalue weighted by atomic mass is 10.1. The number of rotatable bonds is 5. The first-order chi connectivity index (χ1) is 13.0. The number of nitrogens with one attached hydrogen (secondary N) is 2. The summed E-state index contributed by atoms with van der Waals surface area (Å²) in [4.78, 5) is 22.6. The maximum absolute atomic E-state index is 11.9. The van der Waals surface area contributed by atoms with E-state index >= 15 is 0 Å². The van der Waals surface area contributed by atoms with Crippen molar-refractivity contribution in [3.8, 4) is 0 Å². The Morgan fingerprint density at radius 3 is 2.85 bits per heavy atom. The third-order valence-electron chi connectivity index (χ3n) is 4.47. The van der Waals surface area contributed by atoms with Crippen LogP contribution in [0.25, 0.3) is 0 Å². The molecule has 0 bridgehead atoms. The fraction of sp³-hybridized carbons (Fsp3) is 0.474. The Labute approximate surface area is 159 Å². The second kappa shape index (κ2) is 8.66. The summed E-state index contributed by atoms with van der Waals surface area (Å²) in [6, 6.07) is 10.2. The predicted molar refractivity (Wildman–Crippen MR) is 104 cm³/mol. The Kier molecular flexibility index (Phi) is 6.05. The molecule has 1 aromatic carbocycles. The molecule has 144 valence electrons. The summed E-state index contributed by atoms with van der Waals surface area (Å²) in [6.07, 6.45) is 1.83. The minimum atomic E-state index is 0.00189. The van der Waals surface area contributed by atoms with Crippen molar-refractivity contribution in [2.24, 2.45) is 4.99 Å². The number of benzene rings is 1. The molecule has 8 heteroatoms. The second-order valence-electron chi connectivity index (χ2n) is 6.93. The molecule has 0 saturated heterocycles. The molecule has 1 atom stereocenters. The van der Waals surface area contributed by atoms with Gasteiger partial charge in [0, 0.05) is 26.6 Å². The van der Waals surface area contributed by atoms with E-state index < -0.39 is 0 Å². The van der Waals surface area contributed by atoms with E-state index in [2.05, 4.69) is 25.7 Å². The molecule has 3 rings (SSSR count). The van der Waals surface area contributed by atoms with Crippen molar-refractivity contribution in [3.05, 3.63) is 47.5 Å². The topological polar surface area (TPSA) is 87.4 Å². The van der Waals surface area contributed by atoms with E-state index in [4.69, 9.17) is 0 Å². The lowest BCUT2D eigenvalue weighted by molar-refractivity contribution is -0.127. The first-order valence-electron chi connectivity index (χ1n) is 9.20. The van der Waals surface area contributed by atoms with Crippen molar-refractivity contribution in [1.29, 1.82) is 0 Å². The van der Waals surface area contributed by atoms with Crippen LogP contribution in [0.3, 0.4) is 0 Å². The molecular weight excluding hydrogens is 342 g/mol. The van der Waals surface area contributed by atoms with E-state index in [1.165, 1.54) is 0 Å². The summed E-state index contributed by atoms with van der Waals surface area (Å²) in [5.74, 6) is 2.48. The molecule has 8 nitrogen and oxygen atoms in total. The molecule has 0 spiro atoms. The van der Waals surface area contributed by atoms with Gasteiger partial charge in [-0.2, -0.15) is 5.10 Å². The van der Waals surface area contributed by atoms with Gasteiger partial charge in [0.25, 0.3) is 0 Å². The van der Waals surface area contributed by atoms with Crippen molar-refractivity contribution in [2.75, 3.05) is 20.6 Å². The smallest absolute Gasteiger partial charge is 0.241 e. The number of amides is 1. The van der Waals surface area contributed by atoms with Crippen LogP contribution in [-0.2, 0) is 24.3 Å². The van der Waals surface area contributed by atoms with E-state index in [1.54, 1.807) is 19.0 Å². The molecule has 1 aromatic heterocycles. The average molecular weight is 369 g/mol. The van der Waals surface area contributed by atoms with Crippen molar-refractivity contribution in [3.63, 3.8) is 0 Å². The number of aromatic nitrogens is 3. The van der Waals surface area contributed by atoms with Gasteiger partial charge in [0.2, 0.25) is 5.91 Å². The van der Waals surface area contributed by atoms with Crippen molar-refractivity contribution in [2.45, 2.75) is 38.9 Å². The van der Waals surface area contributed by atoms with Gasteiger partial charge in [0.15, 0.2) is 5.96 Å². The van der Waals surface area contributed by atoms with E-state index in [9.17, 15) is 4.79 Å². The lowest BCUT2D eigenvalue weighted by Crippen LogP contribution is -2.49. The summed E-state index contributed by atoms with van der Waals surface area (Å²) in [6.45, 7) is 3.40. The van der Waals surface area contributed by atoms with Crippen LogP contribution in [0, 0.1) is 6.92 Å². The summed E-state index contributed by atoms with van der Waals surface area (Å²) in [5, 5.41) is 11.0. The molecule has 0 radical (unpaired) electrons. The van der Waals surface area contributed by atoms with Gasteiger partial charge >= 0.3 is 0 Å². The third kappa shape index (κ3) is 5.29. The number of aryl methyl sites for hydroxylation is 2. The molecule has 2 N–H and O–H groups in total. The number of guanidine groups is 1. The highest BCUT2D eigenvalue weighted by Gasteiger charge is 2.22. The highest BCUT2D eigenvalue weighted by molar-refractivity contribution is 5.86. The van der Waals surface area contributed by atoms with Crippen LogP contribution < -0.4 is 10.6 Å². The van der Waals surface area contributed by atoms with Gasteiger partial charge in [-0.3, -0.25) is 4.79 Å². The number of carbonyl (C=O) groups is 1. The molecular formula is C19H27N7O. The molecule has 0 aliphatic carbocycles. The Morgan fingerprint density at radius 1 is 1.33 bits per heavy atom.